The van der Waals surface area contributed by atoms with Gasteiger partial charge in [0.1, 0.15) is 5.52 Å². The first-order valence-corrected chi connectivity index (χ1v) is 10.9. The number of hydrazone groups is 1. The minimum absolute atomic E-state index is 0.445. The fourth-order valence-corrected chi connectivity index (χ4v) is 4.62. The second kappa shape index (κ2) is 7.06. The molecule has 1 aliphatic rings. The molecule has 1 N–H and O–H groups in total. The second-order valence-corrected chi connectivity index (χ2v) is 9.50. The van der Waals surface area contributed by atoms with Crippen LogP contribution in [0.4, 0.5) is 10.8 Å². The number of hydrogen-bond donors (Lipinski definition) is 1. The molecule has 25 heavy (non-hydrogen) atoms. The molecule has 1 aromatic heterocycles. The SMILES string of the molecule is CC(C)=NNc1nc2c(N3CCN(S(C)(=O)=O)CC3)c(Cl)ccc2s1. The second-order valence-electron chi connectivity index (χ2n) is 6.08. The van der Waals surface area contributed by atoms with Crippen molar-refractivity contribution in [3.63, 3.8) is 0 Å². The lowest BCUT2D eigenvalue weighted by Crippen LogP contribution is -2.48. The van der Waals surface area contributed by atoms with Crippen molar-refractivity contribution in [3.05, 3.63) is 17.2 Å². The number of piperazine rings is 1. The number of rotatable bonds is 4. The van der Waals surface area contributed by atoms with Crippen LogP contribution in [0.3, 0.4) is 0 Å². The summed E-state index contributed by atoms with van der Waals surface area (Å²) in [5, 5.41) is 5.51. The predicted octanol–water partition coefficient (Wildman–Crippen LogP) is 2.84. The monoisotopic (exact) mass is 401 g/mol. The number of thiazole rings is 1. The Morgan fingerprint density at radius 3 is 2.56 bits per heavy atom. The predicted molar refractivity (Wildman–Crippen MR) is 106 cm³/mol. The zero-order valence-corrected chi connectivity index (χ0v) is 16.7. The van der Waals surface area contributed by atoms with Crippen LogP contribution in [-0.2, 0) is 10.0 Å². The van der Waals surface area contributed by atoms with Crippen LogP contribution in [-0.4, -0.2) is 55.9 Å². The van der Waals surface area contributed by atoms with E-state index in [1.54, 1.807) is 0 Å². The summed E-state index contributed by atoms with van der Waals surface area (Å²) in [7, 11) is -3.16. The number of nitrogens with one attached hydrogen (secondary N) is 1. The van der Waals surface area contributed by atoms with Crippen LogP contribution in [0, 0.1) is 0 Å². The number of fused-ring (bicyclic) bond motifs is 1. The van der Waals surface area contributed by atoms with E-state index in [0.717, 1.165) is 21.6 Å². The molecule has 0 bridgehead atoms. The van der Waals surface area contributed by atoms with Crippen molar-refractivity contribution in [2.75, 3.05) is 42.8 Å². The van der Waals surface area contributed by atoms with E-state index in [1.165, 1.54) is 21.9 Å². The Hall–Kier alpha value is -1.42. The topological polar surface area (TPSA) is 77.9 Å². The molecule has 136 valence electrons. The third-order valence-electron chi connectivity index (χ3n) is 3.88. The van der Waals surface area contributed by atoms with Gasteiger partial charge in [0.15, 0.2) is 0 Å². The summed E-state index contributed by atoms with van der Waals surface area (Å²) in [5.41, 5.74) is 5.54. The van der Waals surface area contributed by atoms with Crippen molar-refractivity contribution in [2.45, 2.75) is 13.8 Å². The van der Waals surface area contributed by atoms with E-state index < -0.39 is 10.0 Å². The van der Waals surface area contributed by atoms with Crippen LogP contribution in [0.5, 0.6) is 0 Å². The highest BCUT2D eigenvalue weighted by molar-refractivity contribution is 7.88. The van der Waals surface area contributed by atoms with E-state index in [2.05, 4.69) is 20.4 Å². The molecule has 10 heteroatoms. The molecule has 0 aliphatic carbocycles. The fourth-order valence-electron chi connectivity index (χ4n) is 2.71. The van der Waals surface area contributed by atoms with Gasteiger partial charge in [0.2, 0.25) is 15.2 Å². The Kier molecular flexibility index (Phi) is 5.19. The summed E-state index contributed by atoms with van der Waals surface area (Å²) in [6.07, 6.45) is 1.24. The fraction of sp³-hybridized carbons (Fsp3) is 0.467. The molecule has 2 aromatic rings. The van der Waals surface area contributed by atoms with Gasteiger partial charge in [0.25, 0.3) is 0 Å². The standard InChI is InChI=1S/C15H20ClN5O2S2/c1-10(2)18-19-15-17-13-12(24-15)5-4-11(16)14(13)20-6-8-21(9-7-20)25(3,22)23/h4-5H,6-9H2,1-3H3,(H,17,19). The number of anilines is 2. The number of nitrogens with zero attached hydrogens (tertiary/aromatic N) is 4. The van der Waals surface area contributed by atoms with Gasteiger partial charge in [-0.3, -0.25) is 5.43 Å². The lowest BCUT2D eigenvalue weighted by molar-refractivity contribution is 0.388. The van der Waals surface area contributed by atoms with Gasteiger partial charge < -0.3 is 4.90 Å². The highest BCUT2D eigenvalue weighted by Gasteiger charge is 2.26. The van der Waals surface area contributed by atoms with Crippen LogP contribution in [0.1, 0.15) is 13.8 Å². The Balaban J connectivity index is 1.91. The van der Waals surface area contributed by atoms with E-state index >= 15 is 0 Å². The summed E-state index contributed by atoms with van der Waals surface area (Å²) in [4.78, 5) is 6.73. The van der Waals surface area contributed by atoms with Gasteiger partial charge in [-0.2, -0.15) is 9.41 Å². The van der Waals surface area contributed by atoms with Crippen LogP contribution in [0.15, 0.2) is 17.2 Å². The molecular formula is C15H20ClN5O2S2. The molecule has 0 amide bonds. The van der Waals surface area contributed by atoms with E-state index in [-0.39, 0.29) is 0 Å². The number of aromatic nitrogens is 1. The van der Waals surface area contributed by atoms with Crippen molar-refractivity contribution in [3.8, 4) is 0 Å². The van der Waals surface area contributed by atoms with Crippen LogP contribution in [0.25, 0.3) is 10.2 Å². The van der Waals surface area contributed by atoms with Gasteiger partial charge in [-0.25, -0.2) is 13.4 Å². The van der Waals surface area contributed by atoms with Gasteiger partial charge in [-0.05, 0) is 26.0 Å². The van der Waals surface area contributed by atoms with Crippen molar-refractivity contribution in [1.29, 1.82) is 0 Å². The molecule has 1 fully saturated rings. The van der Waals surface area contributed by atoms with E-state index in [9.17, 15) is 8.42 Å². The highest BCUT2D eigenvalue weighted by Crippen LogP contribution is 2.38. The maximum Gasteiger partial charge on any atom is 0.211 e. The molecule has 0 unspecified atom stereocenters. The molecule has 3 rings (SSSR count). The van der Waals surface area contributed by atoms with Crippen molar-refractivity contribution >= 4 is 59.7 Å². The molecule has 0 spiro atoms. The number of benzene rings is 1. The van der Waals surface area contributed by atoms with Gasteiger partial charge >= 0.3 is 0 Å². The maximum absolute atomic E-state index is 11.7. The lowest BCUT2D eigenvalue weighted by Gasteiger charge is -2.35. The summed E-state index contributed by atoms with van der Waals surface area (Å²) < 4.78 is 25.9. The van der Waals surface area contributed by atoms with Crippen molar-refractivity contribution < 1.29 is 8.42 Å². The molecule has 0 saturated carbocycles. The van der Waals surface area contributed by atoms with Gasteiger partial charge in [0.05, 0.1) is 21.7 Å². The summed E-state index contributed by atoms with van der Waals surface area (Å²) in [5.74, 6) is 0. The Bertz CT molecular complexity index is 913. The quantitative estimate of drug-likeness (QED) is 0.629. The Labute approximate surface area is 156 Å². The van der Waals surface area contributed by atoms with Crippen molar-refractivity contribution in [1.82, 2.24) is 9.29 Å². The van der Waals surface area contributed by atoms with Gasteiger partial charge in [0, 0.05) is 31.9 Å². The molecule has 0 atom stereocenters. The molecule has 1 aromatic carbocycles. The molecular weight excluding hydrogens is 382 g/mol. The average molecular weight is 402 g/mol. The smallest absolute Gasteiger partial charge is 0.211 e. The van der Waals surface area contributed by atoms with Crippen LogP contribution in [0.2, 0.25) is 5.02 Å². The minimum Gasteiger partial charge on any atom is -0.366 e. The highest BCUT2D eigenvalue weighted by atomic mass is 35.5. The lowest BCUT2D eigenvalue weighted by atomic mass is 10.2. The zero-order valence-electron chi connectivity index (χ0n) is 14.3. The molecule has 1 saturated heterocycles. The van der Waals surface area contributed by atoms with E-state index in [1.807, 2.05) is 26.0 Å². The van der Waals surface area contributed by atoms with E-state index in [0.29, 0.717) is 36.3 Å². The maximum atomic E-state index is 11.7. The minimum atomic E-state index is -3.16. The van der Waals surface area contributed by atoms with Gasteiger partial charge in [-0.1, -0.05) is 22.9 Å². The zero-order chi connectivity index (χ0) is 18.2. The van der Waals surface area contributed by atoms with Gasteiger partial charge in [-0.15, -0.1) is 0 Å². The Morgan fingerprint density at radius 2 is 1.96 bits per heavy atom. The molecule has 7 nitrogen and oxygen atoms in total. The summed E-state index contributed by atoms with van der Waals surface area (Å²) in [6.45, 7) is 5.87. The largest absolute Gasteiger partial charge is 0.366 e. The first kappa shape index (κ1) is 18.4. The third kappa shape index (κ3) is 4.05. The van der Waals surface area contributed by atoms with Crippen LogP contribution >= 0.6 is 22.9 Å². The normalized spacial score (nSPS) is 16.2. The summed E-state index contributed by atoms with van der Waals surface area (Å²) >= 11 is 7.95. The van der Waals surface area contributed by atoms with Crippen LogP contribution < -0.4 is 10.3 Å². The third-order valence-corrected chi connectivity index (χ3v) is 6.42. The molecule has 2 heterocycles. The number of hydrogen-bond acceptors (Lipinski definition) is 7. The first-order chi connectivity index (χ1) is 11.8. The van der Waals surface area contributed by atoms with Crippen molar-refractivity contribution in [2.24, 2.45) is 5.10 Å². The molecule has 1 aliphatic heterocycles. The summed E-state index contributed by atoms with van der Waals surface area (Å²) in [6, 6.07) is 3.80. The average Bonchev–Trinajstić information content (AvgIpc) is 2.95. The number of halogens is 1. The first-order valence-electron chi connectivity index (χ1n) is 7.82. The van der Waals surface area contributed by atoms with E-state index in [4.69, 9.17) is 11.6 Å². The Morgan fingerprint density at radius 1 is 1.28 bits per heavy atom. The molecule has 0 radical (unpaired) electrons. The number of sulfonamides is 1.